The molecule has 0 unspecified atom stereocenters. The Balaban J connectivity index is 1.42. The van der Waals surface area contributed by atoms with E-state index in [-0.39, 0.29) is 37.8 Å². The van der Waals surface area contributed by atoms with Crippen molar-refractivity contribution < 1.29 is 32.9 Å². The minimum absolute atomic E-state index is 0.0775. The van der Waals surface area contributed by atoms with Gasteiger partial charge in [0.15, 0.2) is 11.4 Å². The number of nitrogens with zero attached hydrogens (tertiary/aromatic N) is 1. The minimum atomic E-state index is -1.34. The lowest BCUT2D eigenvalue weighted by molar-refractivity contribution is -0.188. The lowest BCUT2D eigenvalue weighted by Gasteiger charge is -2.44. The van der Waals surface area contributed by atoms with E-state index in [1.54, 1.807) is 24.3 Å². The summed E-state index contributed by atoms with van der Waals surface area (Å²) in [5.74, 6) is -1.56. The highest BCUT2D eigenvalue weighted by Gasteiger charge is 2.58. The molecule has 8 nitrogen and oxygen atoms in total. The zero-order chi connectivity index (χ0) is 26.8. The summed E-state index contributed by atoms with van der Waals surface area (Å²) in [7, 11) is 0. The van der Waals surface area contributed by atoms with Gasteiger partial charge in [-0.25, -0.2) is 9.40 Å². The summed E-state index contributed by atoms with van der Waals surface area (Å²) < 4.78 is 45.1. The molecule has 1 amide bonds. The largest absolute Gasteiger partial charge is 0.379 e. The van der Waals surface area contributed by atoms with Crippen LogP contribution in [0.5, 0.6) is 0 Å². The maximum Gasteiger partial charge on any atom is 0.266 e. The van der Waals surface area contributed by atoms with Crippen molar-refractivity contribution in [2.45, 2.75) is 69.6 Å². The second-order valence-electron chi connectivity index (χ2n) is 10.4. The fraction of sp³-hybridized carbons (Fsp3) is 0.536. The molecule has 2 saturated heterocycles. The van der Waals surface area contributed by atoms with Crippen molar-refractivity contribution in [3.63, 3.8) is 0 Å². The Hall–Kier alpha value is -2.11. The van der Waals surface area contributed by atoms with Crippen molar-refractivity contribution in [2.24, 2.45) is 0 Å². The molecule has 4 atom stereocenters. The van der Waals surface area contributed by atoms with Crippen molar-refractivity contribution in [1.29, 1.82) is 0 Å². The third kappa shape index (κ3) is 6.37. The van der Waals surface area contributed by atoms with Crippen LogP contribution < -0.4 is 5.43 Å². The second kappa shape index (κ2) is 11.6. The van der Waals surface area contributed by atoms with Crippen LogP contribution in [0.25, 0.3) is 0 Å². The standard InChI is InChI=1S/C28H34ClFN2O6/c1-27(2)37-24-16-28(26(33)31-32-10-12-34-13-11-32,36-18-20-7-3-4-9-22(20)30)15-23(25(24)38-27)35-17-19-6-5-8-21(29)14-19/h3-9,14,23-25H,10-13,15-18H2,1-2H3,(H,31,33)/t23-,24+,25-,28+/m0/s1. The first-order chi connectivity index (χ1) is 18.2. The van der Waals surface area contributed by atoms with Crippen LogP contribution >= 0.6 is 11.6 Å². The molecule has 0 aromatic heterocycles. The highest BCUT2D eigenvalue weighted by atomic mass is 35.5. The van der Waals surface area contributed by atoms with Gasteiger partial charge in [-0.3, -0.25) is 10.2 Å². The maximum absolute atomic E-state index is 14.5. The van der Waals surface area contributed by atoms with Gasteiger partial charge in [-0.2, -0.15) is 0 Å². The molecule has 3 fully saturated rings. The van der Waals surface area contributed by atoms with Crippen molar-refractivity contribution in [3.05, 3.63) is 70.5 Å². The fourth-order valence-electron chi connectivity index (χ4n) is 5.29. The van der Waals surface area contributed by atoms with Gasteiger partial charge in [0.05, 0.1) is 38.6 Å². The maximum atomic E-state index is 14.5. The van der Waals surface area contributed by atoms with E-state index in [9.17, 15) is 9.18 Å². The molecule has 206 valence electrons. The normalized spacial score (nSPS) is 29.1. The van der Waals surface area contributed by atoms with Crippen LogP contribution in [0.1, 0.15) is 37.8 Å². The lowest BCUT2D eigenvalue weighted by atomic mass is 9.78. The van der Waals surface area contributed by atoms with E-state index in [1.807, 2.05) is 37.1 Å². The molecule has 1 aliphatic carbocycles. The number of carbonyl (C=O) groups excluding carboxylic acids is 1. The molecule has 2 heterocycles. The molecule has 10 heteroatoms. The summed E-state index contributed by atoms with van der Waals surface area (Å²) in [4.78, 5) is 13.9. The summed E-state index contributed by atoms with van der Waals surface area (Å²) >= 11 is 6.17. The Morgan fingerprint density at radius 2 is 1.89 bits per heavy atom. The van der Waals surface area contributed by atoms with E-state index < -0.39 is 29.7 Å². The number of nitrogens with one attached hydrogen (secondary N) is 1. The van der Waals surface area contributed by atoms with Gasteiger partial charge in [0.1, 0.15) is 11.9 Å². The summed E-state index contributed by atoms with van der Waals surface area (Å²) in [5, 5.41) is 2.44. The van der Waals surface area contributed by atoms with Crippen molar-refractivity contribution in [1.82, 2.24) is 10.4 Å². The Morgan fingerprint density at radius 1 is 1.11 bits per heavy atom. The van der Waals surface area contributed by atoms with Crippen LogP contribution in [0.15, 0.2) is 48.5 Å². The van der Waals surface area contributed by atoms with Crippen LogP contribution in [0.3, 0.4) is 0 Å². The molecule has 0 spiro atoms. The highest BCUT2D eigenvalue weighted by Crippen LogP contribution is 2.44. The number of carbonyl (C=O) groups is 1. The molecule has 3 aliphatic rings. The predicted octanol–water partition coefficient (Wildman–Crippen LogP) is 4.00. The molecule has 2 aliphatic heterocycles. The monoisotopic (exact) mass is 548 g/mol. The Kier molecular flexibility index (Phi) is 8.35. The molecular formula is C28H34ClFN2O6. The number of hydrogen-bond acceptors (Lipinski definition) is 7. The molecule has 1 N–H and O–H groups in total. The summed E-state index contributed by atoms with van der Waals surface area (Å²) in [5.41, 5.74) is 2.93. The number of rotatable bonds is 8. The number of ether oxygens (including phenoxy) is 5. The molecule has 38 heavy (non-hydrogen) atoms. The molecule has 2 aromatic rings. The van der Waals surface area contributed by atoms with E-state index in [4.69, 9.17) is 35.3 Å². The van der Waals surface area contributed by atoms with Gasteiger partial charge in [0.2, 0.25) is 0 Å². The summed E-state index contributed by atoms with van der Waals surface area (Å²) in [6.07, 6.45) is -0.933. The number of fused-ring (bicyclic) bond motifs is 1. The number of hydrazine groups is 1. The lowest BCUT2D eigenvalue weighted by Crippen LogP contribution is -2.63. The number of hydrogen-bond donors (Lipinski definition) is 1. The average Bonchev–Trinajstić information content (AvgIpc) is 3.21. The average molecular weight is 549 g/mol. The number of halogens is 2. The van der Waals surface area contributed by atoms with E-state index in [2.05, 4.69) is 5.43 Å². The van der Waals surface area contributed by atoms with E-state index in [0.29, 0.717) is 36.9 Å². The highest BCUT2D eigenvalue weighted by molar-refractivity contribution is 6.30. The zero-order valence-corrected chi connectivity index (χ0v) is 22.4. The fourth-order valence-corrected chi connectivity index (χ4v) is 5.50. The first-order valence-corrected chi connectivity index (χ1v) is 13.3. The van der Waals surface area contributed by atoms with Gasteiger partial charge >= 0.3 is 0 Å². The Labute approximate surface area is 227 Å². The second-order valence-corrected chi connectivity index (χ2v) is 10.9. The zero-order valence-electron chi connectivity index (χ0n) is 21.7. The Bertz CT molecular complexity index is 1130. The van der Waals surface area contributed by atoms with Crippen LogP contribution in [0.2, 0.25) is 5.02 Å². The smallest absolute Gasteiger partial charge is 0.266 e. The molecular weight excluding hydrogens is 515 g/mol. The van der Waals surface area contributed by atoms with Crippen LogP contribution in [-0.4, -0.2) is 66.9 Å². The van der Waals surface area contributed by atoms with E-state index in [1.165, 1.54) is 6.07 Å². The quantitative estimate of drug-likeness (QED) is 0.534. The first-order valence-electron chi connectivity index (χ1n) is 13.0. The molecule has 2 aromatic carbocycles. The van der Waals surface area contributed by atoms with Gasteiger partial charge in [-0.15, -0.1) is 0 Å². The number of amides is 1. The van der Waals surface area contributed by atoms with Gasteiger partial charge in [0, 0.05) is 36.5 Å². The van der Waals surface area contributed by atoms with Crippen LogP contribution in [0, 0.1) is 5.82 Å². The minimum Gasteiger partial charge on any atom is -0.379 e. The molecule has 0 bridgehead atoms. The van der Waals surface area contributed by atoms with Gasteiger partial charge in [-0.1, -0.05) is 41.9 Å². The van der Waals surface area contributed by atoms with Crippen molar-refractivity contribution in [2.75, 3.05) is 26.3 Å². The Morgan fingerprint density at radius 3 is 2.66 bits per heavy atom. The van der Waals surface area contributed by atoms with Gasteiger partial charge in [-0.05, 0) is 37.6 Å². The van der Waals surface area contributed by atoms with Gasteiger partial charge in [0.25, 0.3) is 5.91 Å². The summed E-state index contributed by atoms with van der Waals surface area (Å²) in [6.45, 7) is 6.03. The van der Waals surface area contributed by atoms with Gasteiger partial charge < -0.3 is 23.7 Å². The van der Waals surface area contributed by atoms with Crippen molar-refractivity contribution in [3.8, 4) is 0 Å². The van der Waals surface area contributed by atoms with E-state index in [0.717, 1.165) is 5.56 Å². The number of benzene rings is 2. The first kappa shape index (κ1) is 27.5. The predicted molar refractivity (Wildman–Crippen MR) is 138 cm³/mol. The SMILES string of the molecule is CC1(C)O[C@H]2[C@@H](OCc3cccc(Cl)c3)C[C@](OCc3ccccc3F)(C(=O)NN3CCOCC3)C[C@H]2O1. The third-order valence-corrected chi connectivity index (χ3v) is 7.38. The van der Waals surface area contributed by atoms with E-state index >= 15 is 0 Å². The topological polar surface area (TPSA) is 78.5 Å². The summed E-state index contributed by atoms with van der Waals surface area (Å²) in [6, 6.07) is 13.8. The molecule has 1 saturated carbocycles. The van der Waals surface area contributed by atoms with Crippen LogP contribution in [-0.2, 0) is 41.7 Å². The number of morpholine rings is 1. The van der Waals surface area contributed by atoms with Crippen LogP contribution in [0.4, 0.5) is 4.39 Å². The molecule has 5 rings (SSSR count). The third-order valence-electron chi connectivity index (χ3n) is 7.15. The molecule has 0 radical (unpaired) electrons. The van der Waals surface area contributed by atoms with Crippen molar-refractivity contribution >= 4 is 17.5 Å².